The summed E-state index contributed by atoms with van der Waals surface area (Å²) in [6.07, 6.45) is 12.5. The van der Waals surface area contributed by atoms with Crippen molar-refractivity contribution >= 4 is 12.4 Å². The van der Waals surface area contributed by atoms with E-state index in [9.17, 15) is 0 Å². The van der Waals surface area contributed by atoms with Gasteiger partial charge in [-0.05, 0) is 87.3 Å². The molecule has 1 unspecified atom stereocenters. The molecule has 1 heterocycles. The normalized spacial score (nSPS) is 19.8. The van der Waals surface area contributed by atoms with Gasteiger partial charge < -0.3 is 19.2 Å². The highest BCUT2D eigenvalue weighted by molar-refractivity contribution is 5.75. The van der Waals surface area contributed by atoms with Crippen LogP contribution in [0.5, 0.6) is 5.75 Å². The highest BCUT2D eigenvalue weighted by atomic mass is 19.1. The summed E-state index contributed by atoms with van der Waals surface area (Å²) in [4.78, 5) is 10.3. The molecule has 1 saturated carbocycles. The van der Waals surface area contributed by atoms with Gasteiger partial charge in [-0.1, -0.05) is 50.1 Å². The predicted octanol–water partition coefficient (Wildman–Crippen LogP) is 8.30. The van der Waals surface area contributed by atoms with E-state index < -0.39 is 5.67 Å². The highest BCUT2D eigenvalue weighted by Crippen LogP contribution is 2.39. The molecule has 0 spiro atoms. The Labute approximate surface area is 229 Å². The van der Waals surface area contributed by atoms with E-state index in [2.05, 4.69) is 68.9 Å². The molecule has 1 atom stereocenters. The Balaban J connectivity index is 0.00000247. The molecule has 0 aromatic heterocycles. The van der Waals surface area contributed by atoms with Gasteiger partial charge in [0.05, 0.1) is 20.3 Å². The number of methoxy groups -OCH3 is 2. The van der Waals surface area contributed by atoms with Crippen LogP contribution >= 0.6 is 0 Å². The number of ether oxygens (including phenoxy) is 2. The topological polar surface area (TPSA) is 38.8 Å². The van der Waals surface area contributed by atoms with Crippen LogP contribution in [0.15, 0.2) is 71.2 Å². The van der Waals surface area contributed by atoms with Crippen LogP contribution in [0, 0.1) is 6.92 Å². The van der Waals surface area contributed by atoms with Crippen molar-refractivity contribution in [2.75, 3.05) is 21.3 Å². The lowest BCUT2D eigenvalue weighted by atomic mass is 9.82. The Kier molecular flexibility index (Phi) is 11.6. The SMILES string of the molecule is C=C(C)/C(C1=CN(C)C(/C(=C\CCC2(F)CCCCC2)c2ccc(C)c(OC)c2)C(C)=C1)=C(/C)OC.C=O. The number of aryl methyl sites for hydroxylation is 1. The molecule has 1 aliphatic carbocycles. The maximum atomic E-state index is 15.4. The summed E-state index contributed by atoms with van der Waals surface area (Å²) in [5, 5.41) is 0. The lowest BCUT2D eigenvalue weighted by molar-refractivity contribution is -0.0980. The van der Waals surface area contributed by atoms with Crippen LogP contribution in [0.2, 0.25) is 0 Å². The number of alkyl halides is 1. The van der Waals surface area contributed by atoms with E-state index in [0.717, 1.165) is 65.0 Å². The molecule has 0 N–H and O–H groups in total. The van der Waals surface area contributed by atoms with Crippen LogP contribution in [-0.4, -0.2) is 44.7 Å². The monoisotopic (exact) mass is 523 g/mol. The molecule has 208 valence electrons. The number of halogens is 1. The van der Waals surface area contributed by atoms with Crippen molar-refractivity contribution in [2.24, 2.45) is 0 Å². The zero-order valence-corrected chi connectivity index (χ0v) is 24.5. The number of hydrogen-bond acceptors (Lipinski definition) is 4. The Morgan fingerprint density at radius 1 is 1.16 bits per heavy atom. The van der Waals surface area contributed by atoms with Gasteiger partial charge >= 0.3 is 0 Å². The summed E-state index contributed by atoms with van der Waals surface area (Å²) in [6, 6.07) is 6.41. The van der Waals surface area contributed by atoms with Crippen LogP contribution in [0.25, 0.3) is 5.57 Å². The number of likely N-dealkylation sites (N-methyl/N-ethyl adjacent to an activating group) is 1. The summed E-state index contributed by atoms with van der Waals surface area (Å²) in [6.45, 7) is 14.4. The Morgan fingerprint density at radius 2 is 1.82 bits per heavy atom. The number of carbonyl (C=O) groups is 1. The van der Waals surface area contributed by atoms with E-state index in [1.807, 2.05) is 20.6 Å². The average Bonchev–Trinajstić information content (AvgIpc) is 2.89. The fraction of sp³-hybridized carbons (Fsp3) is 0.485. The first-order chi connectivity index (χ1) is 18.1. The molecule has 5 heteroatoms. The summed E-state index contributed by atoms with van der Waals surface area (Å²) >= 11 is 0. The van der Waals surface area contributed by atoms with E-state index in [1.54, 1.807) is 14.2 Å². The van der Waals surface area contributed by atoms with E-state index >= 15 is 4.39 Å². The Morgan fingerprint density at radius 3 is 2.37 bits per heavy atom. The molecular weight excluding hydrogens is 477 g/mol. The van der Waals surface area contributed by atoms with Gasteiger partial charge in [-0.2, -0.15) is 0 Å². The van der Waals surface area contributed by atoms with Crippen LogP contribution in [-0.2, 0) is 9.53 Å². The van der Waals surface area contributed by atoms with Crippen LogP contribution in [0.1, 0.15) is 76.8 Å². The number of rotatable bonds is 9. The van der Waals surface area contributed by atoms with Crippen LogP contribution in [0.4, 0.5) is 4.39 Å². The van der Waals surface area contributed by atoms with Crippen molar-refractivity contribution in [2.45, 2.75) is 84.4 Å². The zero-order valence-electron chi connectivity index (χ0n) is 24.5. The predicted molar refractivity (Wildman–Crippen MR) is 157 cm³/mol. The summed E-state index contributed by atoms with van der Waals surface area (Å²) < 4.78 is 26.6. The number of allylic oxidation sites excluding steroid dienone is 6. The number of hydrogen-bond donors (Lipinski definition) is 0. The molecule has 0 bridgehead atoms. The summed E-state index contributed by atoms with van der Waals surface area (Å²) in [7, 11) is 5.51. The van der Waals surface area contributed by atoms with Gasteiger partial charge in [0.2, 0.25) is 0 Å². The molecule has 1 aromatic rings. The van der Waals surface area contributed by atoms with Crippen molar-refractivity contribution in [3.8, 4) is 5.75 Å². The smallest absolute Gasteiger partial charge is 0.122 e. The van der Waals surface area contributed by atoms with Crippen molar-refractivity contribution in [1.29, 1.82) is 0 Å². The largest absolute Gasteiger partial charge is 0.501 e. The lowest BCUT2D eigenvalue weighted by Gasteiger charge is -2.35. The fourth-order valence-electron chi connectivity index (χ4n) is 5.74. The van der Waals surface area contributed by atoms with Gasteiger partial charge in [0.1, 0.15) is 24.0 Å². The van der Waals surface area contributed by atoms with Crippen molar-refractivity contribution in [3.05, 3.63) is 82.3 Å². The Hall–Kier alpha value is -3.08. The van der Waals surface area contributed by atoms with Crippen molar-refractivity contribution < 1.29 is 18.7 Å². The van der Waals surface area contributed by atoms with Gasteiger partial charge in [0, 0.05) is 24.4 Å². The minimum atomic E-state index is -1.03. The molecule has 1 fully saturated rings. The third kappa shape index (κ3) is 7.49. The van der Waals surface area contributed by atoms with Crippen LogP contribution < -0.4 is 4.74 Å². The van der Waals surface area contributed by atoms with Crippen LogP contribution in [0.3, 0.4) is 0 Å². The Bertz CT molecular complexity index is 1110. The standard InChI is InChI=1S/C32H44FNO2.CH2O/c1-22(2)30(25(5)35-7)27-19-24(4)31(34(6)21-27)28(26-15-14-23(3)29(20-26)36-8)13-12-18-32(33)16-10-9-11-17-32;1-2/h13-15,19-21,31H,1,9-12,16-18H2,2-8H3;1H2/b28-13-,30-25+;. The van der Waals surface area contributed by atoms with Gasteiger partial charge in [-0.25, -0.2) is 4.39 Å². The fourth-order valence-corrected chi connectivity index (χ4v) is 5.74. The van der Waals surface area contributed by atoms with Gasteiger partial charge in [-0.15, -0.1) is 0 Å². The number of benzene rings is 1. The molecule has 1 aliphatic heterocycles. The first-order valence-corrected chi connectivity index (χ1v) is 13.5. The maximum absolute atomic E-state index is 15.4. The molecular formula is C33H46FNO3. The number of carbonyl (C=O) groups excluding carboxylic acids is 1. The molecule has 0 saturated heterocycles. The lowest BCUT2D eigenvalue weighted by Crippen LogP contribution is -2.33. The second-order valence-electron chi connectivity index (χ2n) is 10.6. The molecule has 0 amide bonds. The van der Waals surface area contributed by atoms with E-state index in [0.29, 0.717) is 19.3 Å². The first-order valence-electron chi connectivity index (χ1n) is 13.5. The van der Waals surface area contributed by atoms with Gasteiger partial charge in [-0.3, -0.25) is 0 Å². The minimum absolute atomic E-state index is 0.0392. The second kappa shape index (κ2) is 14.2. The third-order valence-corrected chi connectivity index (χ3v) is 7.68. The quantitative estimate of drug-likeness (QED) is 0.241. The van der Waals surface area contributed by atoms with Crippen molar-refractivity contribution in [3.63, 3.8) is 0 Å². The maximum Gasteiger partial charge on any atom is 0.122 e. The molecule has 1 aromatic carbocycles. The molecule has 38 heavy (non-hydrogen) atoms. The van der Waals surface area contributed by atoms with E-state index in [-0.39, 0.29) is 6.04 Å². The third-order valence-electron chi connectivity index (χ3n) is 7.68. The van der Waals surface area contributed by atoms with Crippen molar-refractivity contribution in [1.82, 2.24) is 4.90 Å². The highest BCUT2D eigenvalue weighted by Gasteiger charge is 2.31. The molecule has 2 aliphatic rings. The second-order valence-corrected chi connectivity index (χ2v) is 10.6. The average molecular weight is 524 g/mol. The zero-order chi connectivity index (χ0) is 28.5. The molecule has 0 radical (unpaired) electrons. The van der Waals surface area contributed by atoms with E-state index in [1.165, 1.54) is 11.1 Å². The summed E-state index contributed by atoms with van der Waals surface area (Å²) in [5.41, 5.74) is 6.67. The summed E-state index contributed by atoms with van der Waals surface area (Å²) in [5.74, 6) is 1.72. The first kappa shape index (κ1) is 31.1. The van der Waals surface area contributed by atoms with Gasteiger partial charge in [0.15, 0.2) is 0 Å². The van der Waals surface area contributed by atoms with E-state index in [4.69, 9.17) is 14.3 Å². The molecule has 4 nitrogen and oxygen atoms in total. The number of nitrogens with zero attached hydrogens (tertiary/aromatic N) is 1. The van der Waals surface area contributed by atoms with Gasteiger partial charge in [0.25, 0.3) is 0 Å². The minimum Gasteiger partial charge on any atom is -0.501 e. The molecule has 3 rings (SSSR count).